The van der Waals surface area contributed by atoms with Crippen molar-refractivity contribution < 1.29 is 9.53 Å². The van der Waals surface area contributed by atoms with Gasteiger partial charge in [0.1, 0.15) is 5.75 Å². The monoisotopic (exact) mass is 285 g/mol. The second kappa shape index (κ2) is 6.90. The Balaban J connectivity index is 1.54. The van der Waals surface area contributed by atoms with Crippen molar-refractivity contribution in [3.8, 4) is 5.75 Å². The van der Waals surface area contributed by atoms with Crippen LogP contribution in [0, 0.1) is 0 Å². The van der Waals surface area contributed by atoms with Crippen LogP contribution in [0.5, 0.6) is 5.75 Å². The Morgan fingerprint density at radius 3 is 3.06 bits per heavy atom. The van der Waals surface area contributed by atoms with E-state index in [1.165, 1.54) is 0 Å². The maximum absolute atomic E-state index is 11.4. The van der Waals surface area contributed by atoms with Crippen LogP contribution in [-0.4, -0.2) is 30.1 Å². The van der Waals surface area contributed by atoms with Crippen molar-refractivity contribution in [1.82, 2.24) is 5.32 Å². The molecule has 98 valence electrons. The Morgan fingerprint density at radius 2 is 2.33 bits per heavy atom. The third-order valence-corrected chi connectivity index (χ3v) is 3.62. The minimum atomic E-state index is 0.130. The van der Waals surface area contributed by atoms with Crippen LogP contribution >= 0.6 is 23.4 Å². The number of ether oxygens (including phenoxy) is 1. The van der Waals surface area contributed by atoms with Gasteiger partial charge in [0.15, 0.2) is 0 Å². The molecule has 2 rings (SSSR count). The van der Waals surface area contributed by atoms with Gasteiger partial charge in [-0.3, -0.25) is 4.79 Å². The zero-order chi connectivity index (χ0) is 12.8. The average molecular weight is 286 g/mol. The number of halogens is 1. The van der Waals surface area contributed by atoms with E-state index in [1.807, 2.05) is 18.2 Å². The van der Waals surface area contributed by atoms with E-state index in [9.17, 15) is 4.79 Å². The largest absolute Gasteiger partial charge is 0.493 e. The van der Waals surface area contributed by atoms with Crippen LogP contribution in [0.4, 0.5) is 0 Å². The summed E-state index contributed by atoms with van der Waals surface area (Å²) in [4.78, 5) is 11.4. The summed E-state index contributed by atoms with van der Waals surface area (Å²) >= 11 is 7.43. The highest BCUT2D eigenvalue weighted by Gasteiger charge is 2.22. The van der Waals surface area contributed by atoms with Gasteiger partial charge in [-0.25, -0.2) is 0 Å². The van der Waals surface area contributed by atoms with Gasteiger partial charge in [0.2, 0.25) is 5.91 Å². The van der Waals surface area contributed by atoms with Crippen LogP contribution in [0.1, 0.15) is 12.8 Å². The number of amides is 1. The van der Waals surface area contributed by atoms with Crippen molar-refractivity contribution in [3.05, 3.63) is 29.3 Å². The van der Waals surface area contributed by atoms with Crippen molar-refractivity contribution in [3.63, 3.8) is 0 Å². The smallest absolute Gasteiger partial charge is 0.230 e. The van der Waals surface area contributed by atoms with E-state index < -0.39 is 0 Å². The number of benzene rings is 1. The molecule has 0 radical (unpaired) electrons. The number of nitrogens with one attached hydrogen (secondary N) is 1. The first-order chi connectivity index (χ1) is 8.74. The maximum Gasteiger partial charge on any atom is 0.230 e. The first-order valence-corrected chi connectivity index (χ1v) is 7.53. The van der Waals surface area contributed by atoms with Crippen molar-refractivity contribution in [2.45, 2.75) is 18.9 Å². The standard InChI is InChI=1S/C13H16ClNO2S/c14-10-2-1-3-12(8-10)17-6-7-18-9-13(16)15-11-4-5-11/h1-3,8,11H,4-7,9H2,(H,15,16). The third-order valence-electron chi connectivity index (χ3n) is 2.47. The molecular weight excluding hydrogens is 270 g/mol. The number of thioether (sulfide) groups is 1. The second-order valence-electron chi connectivity index (χ2n) is 4.20. The molecule has 0 bridgehead atoms. The predicted octanol–water partition coefficient (Wildman–Crippen LogP) is 2.73. The molecule has 1 N–H and O–H groups in total. The molecule has 18 heavy (non-hydrogen) atoms. The third kappa shape index (κ3) is 5.19. The summed E-state index contributed by atoms with van der Waals surface area (Å²) in [6, 6.07) is 7.77. The summed E-state index contributed by atoms with van der Waals surface area (Å²) in [5.41, 5.74) is 0. The van der Waals surface area contributed by atoms with Crippen molar-refractivity contribution >= 4 is 29.3 Å². The topological polar surface area (TPSA) is 38.3 Å². The lowest BCUT2D eigenvalue weighted by Gasteiger charge is -2.06. The number of hydrogen-bond acceptors (Lipinski definition) is 3. The highest BCUT2D eigenvalue weighted by Crippen LogP contribution is 2.19. The van der Waals surface area contributed by atoms with E-state index in [1.54, 1.807) is 17.8 Å². The lowest BCUT2D eigenvalue weighted by molar-refractivity contribution is -0.118. The highest BCUT2D eigenvalue weighted by atomic mass is 35.5. The predicted molar refractivity (Wildman–Crippen MR) is 75.4 cm³/mol. The fraction of sp³-hybridized carbons (Fsp3) is 0.462. The fourth-order valence-electron chi connectivity index (χ4n) is 1.44. The lowest BCUT2D eigenvalue weighted by Crippen LogP contribution is -2.27. The van der Waals surface area contributed by atoms with Crippen LogP contribution in [0.2, 0.25) is 5.02 Å². The summed E-state index contributed by atoms with van der Waals surface area (Å²) in [6.45, 7) is 0.585. The summed E-state index contributed by atoms with van der Waals surface area (Å²) in [5.74, 6) is 2.20. The summed E-state index contributed by atoms with van der Waals surface area (Å²) in [6.07, 6.45) is 2.27. The van der Waals surface area contributed by atoms with Gasteiger partial charge in [-0.1, -0.05) is 17.7 Å². The van der Waals surface area contributed by atoms with Gasteiger partial charge in [0.25, 0.3) is 0 Å². The number of carbonyl (C=O) groups is 1. The van der Waals surface area contributed by atoms with Crippen LogP contribution in [0.3, 0.4) is 0 Å². The van der Waals surface area contributed by atoms with E-state index in [0.717, 1.165) is 24.3 Å². The summed E-state index contributed by atoms with van der Waals surface area (Å²) in [7, 11) is 0. The van der Waals surface area contributed by atoms with Crippen molar-refractivity contribution in [2.24, 2.45) is 0 Å². The Labute approximate surface area is 116 Å². The quantitative estimate of drug-likeness (QED) is 0.783. The zero-order valence-electron chi connectivity index (χ0n) is 10.0. The Bertz CT molecular complexity index is 410. The van der Waals surface area contributed by atoms with E-state index >= 15 is 0 Å². The maximum atomic E-state index is 11.4. The molecule has 1 aromatic rings. The molecule has 0 aliphatic heterocycles. The first-order valence-electron chi connectivity index (χ1n) is 5.99. The molecule has 1 aliphatic carbocycles. The van der Waals surface area contributed by atoms with Crippen molar-refractivity contribution in [1.29, 1.82) is 0 Å². The fourth-order valence-corrected chi connectivity index (χ4v) is 2.23. The van der Waals surface area contributed by atoms with Crippen molar-refractivity contribution in [2.75, 3.05) is 18.1 Å². The van der Waals surface area contributed by atoms with Crippen LogP contribution in [0.15, 0.2) is 24.3 Å². The van der Waals surface area contributed by atoms with Gasteiger partial charge in [0, 0.05) is 16.8 Å². The molecule has 0 spiro atoms. The molecule has 1 fully saturated rings. The minimum absolute atomic E-state index is 0.130. The number of rotatable bonds is 7. The highest BCUT2D eigenvalue weighted by molar-refractivity contribution is 7.99. The molecule has 0 aromatic heterocycles. The Kier molecular flexibility index (Phi) is 5.20. The van der Waals surface area contributed by atoms with E-state index in [-0.39, 0.29) is 5.91 Å². The normalized spacial score (nSPS) is 14.3. The summed E-state index contributed by atoms with van der Waals surface area (Å²) < 4.78 is 5.53. The average Bonchev–Trinajstić information content (AvgIpc) is 3.12. The second-order valence-corrected chi connectivity index (χ2v) is 5.74. The van der Waals surface area contributed by atoms with Gasteiger partial charge < -0.3 is 10.1 Å². The zero-order valence-corrected chi connectivity index (χ0v) is 11.6. The molecule has 0 saturated heterocycles. The van der Waals surface area contributed by atoms with E-state index in [4.69, 9.17) is 16.3 Å². The van der Waals surface area contributed by atoms with Gasteiger partial charge in [0.05, 0.1) is 12.4 Å². The van der Waals surface area contributed by atoms with Gasteiger partial charge >= 0.3 is 0 Å². The molecular formula is C13H16ClNO2S. The molecule has 0 atom stereocenters. The molecule has 5 heteroatoms. The molecule has 3 nitrogen and oxygen atoms in total. The van der Waals surface area contributed by atoms with Gasteiger partial charge in [-0.05, 0) is 31.0 Å². The molecule has 1 saturated carbocycles. The number of hydrogen-bond donors (Lipinski definition) is 1. The van der Waals surface area contributed by atoms with Crippen LogP contribution in [-0.2, 0) is 4.79 Å². The van der Waals surface area contributed by atoms with E-state index in [2.05, 4.69) is 5.32 Å². The van der Waals surface area contributed by atoms with Crippen LogP contribution < -0.4 is 10.1 Å². The molecule has 1 aromatic carbocycles. The molecule has 1 amide bonds. The molecule has 0 heterocycles. The first kappa shape index (κ1) is 13.6. The lowest BCUT2D eigenvalue weighted by atomic mass is 10.3. The SMILES string of the molecule is O=C(CSCCOc1cccc(Cl)c1)NC1CC1. The van der Waals surface area contributed by atoms with Gasteiger partial charge in [-0.15, -0.1) is 11.8 Å². The Morgan fingerprint density at radius 1 is 1.50 bits per heavy atom. The minimum Gasteiger partial charge on any atom is -0.493 e. The Hall–Kier alpha value is -0.870. The van der Waals surface area contributed by atoms with Crippen LogP contribution in [0.25, 0.3) is 0 Å². The van der Waals surface area contributed by atoms with Gasteiger partial charge in [-0.2, -0.15) is 0 Å². The molecule has 0 unspecified atom stereocenters. The van der Waals surface area contributed by atoms with E-state index in [0.29, 0.717) is 23.4 Å². The number of carbonyl (C=O) groups excluding carboxylic acids is 1. The molecule has 1 aliphatic rings. The summed E-state index contributed by atoms with van der Waals surface area (Å²) in [5, 5.41) is 3.62.